The van der Waals surface area contributed by atoms with Crippen molar-refractivity contribution in [2.24, 2.45) is 5.41 Å². The molecule has 0 radical (unpaired) electrons. The van der Waals surface area contributed by atoms with Gasteiger partial charge in [0, 0.05) is 13.1 Å². The normalized spacial score (nSPS) is 19.3. The molecular formula is C12H22N2O. The van der Waals surface area contributed by atoms with Crippen LogP contribution in [0.4, 0.5) is 0 Å². The highest BCUT2D eigenvalue weighted by Gasteiger charge is 2.40. The molecule has 1 atom stereocenters. The minimum atomic E-state index is -0.103. The van der Waals surface area contributed by atoms with Crippen LogP contribution >= 0.6 is 0 Å². The number of carbonyl (C=O) groups is 1. The maximum Gasteiger partial charge on any atom is 0.237 e. The molecule has 15 heavy (non-hydrogen) atoms. The Morgan fingerprint density at radius 1 is 1.60 bits per heavy atom. The minimum Gasteiger partial charge on any atom is -0.351 e. The average molecular weight is 210 g/mol. The van der Waals surface area contributed by atoms with E-state index in [0.717, 1.165) is 6.54 Å². The summed E-state index contributed by atoms with van der Waals surface area (Å²) in [7, 11) is 0. The number of nitrogens with one attached hydrogen (secondary N) is 2. The largest absolute Gasteiger partial charge is 0.351 e. The topological polar surface area (TPSA) is 41.1 Å². The van der Waals surface area contributed by atoms with Crippen LogP contribution in [0.1, 0.15) is 33.1 Å². The second kappa shape index (κ2) is 5.31. The molecule has 1 amide bonds. The first-order valence-corrected chi connectivity index (χ1v) is 5.75. The third-order valence-corrected chi connectivity index (χ3v) is 3.30. The number of carbonyl (C=O) groups excluding carboxylic acids is 1. The monoisotopic (exact) mass is 210 g/mol. The first-order chi connectivity index (χ1) is 7.13. The van der Waals surface area contributed by atoms with E-state index in [1.807, 2.05) is 6.92 Å². The Hall–Kier alpha value is -0.830. The summed E-state index contributed by atoms with van der Waals surface area (Å²) in [5.41, 5.74) is 0.493. The summed E-state index contributed by atoms with van der Waals surface area (Å²) < 4.78 is 0. The molecule has 0 aromatic heterocycles. The van der Waals surface area contributed by atoms with Gasteiger partial charge in [0.05, 0.1) is 6.04 Å². The highest BCUT2D eigenvalue weighted by molar-refractivity contribution is 5.81. The van der Waals surface area contributed by atoms with Crippen molar-refractivity contribution in [3.05, 3.63) is 12.7 Å². The smallest absolute Gasteiger partial charge is 0.237 e. The van der Waals surface area contributed by atoms with E-state index in [4.69, 9.17) is 0 Å². The van der Waals surface area contributed by atoms with Crippen LogP contribution in [0.3, 0.4) is 0 Å². The average Bonchev–Trinajstić information content (AvgIpc) is 3.03. The molecule has 2 N–H and O–H groups in total. The number of hydrogen-bond acceptors (Lipinski definition) is 2. The fraction of sp³-hybridized carbons (Fsp3) is 0.750. The van der Waals surface area contributed by atoms with Crippen molar-refractivity contribution in [2.75, 3.05) is 13.1 Å². The molecule has 0 aromatic carbocycles. The predicted molar refractivity (Wildman–Crippen MR) is 62.6 cm³/mol. The molecule has 86 valence electrons. The molecule has 1 rings (SSSR count). The predicted octanol–water partition coefficient (Wildman–Crippen LogP) is 1.46. The Morgan fingerprint density at radius 3 is 2.73 bits per heavy atom. The van der Waals surface area contributed by atoms with Crippen molar-refractivity contribution < 1.29 is 4.79 Å². The van der Waals surface area contributed by atoms with Crippen molar-refractivity contribution >= 4 is 5.91 Å². The van der Waals surface area contributed by atoms with Crippen LogP contribution in [0, 0.1) is 5.41 Å². The van der Waals surface area contributed by atoms with Crippen molar-refractivity contribution in [1.82, 2.24) is 10.6 Å². The summed E-state index contributed by atoms with van der Waals surface area (Å²) in [6, 6.07) is -0.103. The lowest BCUT2D eigenvalue weighted by Crippen LogP contribution is -2.44. The Kier molecular flexibility index (Phi) is 4.33. The van der Waals surface area contributed by atoms with E-state index in [-0.39, 0.29) is 11.9 Å². The first kappa shape index (κ1) is 12.2. The van der Waals surface area contributed by atoms with Gasteiger partial charge in [0.1, 0.15) is 0 Å². The second-order valence-electron chi connectivity index (χ2n) is 4.49. The Balaban J connectivity index is 2.20. The number of amides is 1. The summed E-state index contributed by atoms with van der Waals surface area (Å²) >= 11 is 0. The summed E-state index contributed by atoms with van der Waals surface area (Å²) in [5.74, 6) is 0.0572. The van der Waals surface area contributed by atoms with E-state index in [1.165, 1.54) is 19.3 Å². The SMILES string of the molecule is C=CCNC(=O)C(C)NCC1(CC)CC1. The maximum absolute atomic E-state index is 11.5. The molecule has 1 saturated carbocycles. The first-order valence-electron chi connectivity index (χ1n) is 5.75. The molecule has 0 heterocycles. The molecule has 0 aliphatic heterocycles. The van der Waals surface area contributed by atoms with Crippen LogP contribution in [0.5, 0.6) is 0 Å². The Labute approximate surface area is 92.3 Å². The van der Waals surface area contributed by atoms with Gasteiger partial charge in [0.25, 0.3) is 0 Å². The molecule has 0 saturated heterocycles. The lowest BCUT2D eigenvalue weighted by molar-refractivity contribution is -0.122. The molecule has 0 aromatic rings. The molecule has 1 fully saturated rings. The van der Waals surface area contributed by atoms with E-state index < -0.39 is 0 Å². The molecule has 3 nitrogen and oxygen atoms in total. The minimum absolute atomic E-state index is 0.0572. The van der Waals surface area contributed by atoms with Gasteiger partial charge in [-0.1, -0.05) is 13.0 Å². The van der Waals surface area contributed by atoms with Crippen LogP contribution in [0.25, 0.3) is 0 Å². The summed E-state index contributed by atoms with van der Waals surface area (Å²) in [6.45, 7) is 9.20. The third-order valence-electron chi connectivity index (χ3n) is 3.30. The van der Waals surface area contributed by atoms with E-state index in [1.54, 1.807) is 6.08 Å². The fourth-order valence-electron chi connectivity index (χ4n) is 1.62. The molecule has 0 spiro atoms. The zero-order valence-corrected chi connectivity index (χ0v) is 9.81. The summed E-state index contributed by atoms with van der Waals surface area (Å²) in [4.78, 5) is 11.5. The summed E-state index contributed by atoms with van der Waals surface area (Å²) in [5, 5.41) is 6.09. The zero-order valence-electron chi connectivity index (χ0n) is 9.81. The molecule has 1 unspecified atom stereocenters. The van der Waals surface area contributed by atoms with Crippen molar-refractivity contribution in [3.63, 3.8) is 0 Å². The van der Waals surface area contributed by atoms with E-state index in [9.17, 15) is 4.79 Å². The van der Waals surface area contributed by atoms with Gasteiger partial charge in [-0.15, -0.1) is 6.58 Å². The van der Waals surface area contributed by atoms with Crippen LogP contribution in [-0.2, 0) is 4.79 Å². The third kappa shape index (κ3) is 3.67. The highest BCUT2D eigenvalue weighted by Crippen LogP contribution is 2.47. The van der Waals surface area contributed by atoms with Gasteiger partial charge < -0.3 is 10.6 Å². The van der Waals surface area contributed by atoms with Gasteiger partial charge in [0.15, 0.2) is 0 Å². The van der Waals surface area contributed by atoms with Crippen molar-refractivity contribution in [1.29, 1.82) is 0 Å². The molecular weight excluding hydrogens is 188 g/mol. The summed E-state index contributed by atoms with van der Waals surface area (Å²) in [6.07, 6.45) is 5.51. The van der Waals surface area contributed by atoms with Gasteiger partial charge in [-0.05, 0) is 31.6 Å². The van der Waals surface area contributed by atoms with E-state index in [2.05, 4.69) is 24.1 Å². The fourth-order valence-corrected chi connectivity index (χ4v) is 1.62. The second-order valence-corrected chi connectivity index (χ2v) is 4.49. The van der Waals surface area contributed by atoms with Crippen LogP contribution in [0.2, 0.25) is 0 Å². The molecule has 3 heteroatoms. The number of hydrogen-bond donors (Lipinski definition) is 2. The Bertz CT molecular complexity index is 234. The van der Waals surface area contributed by atoms with Crippen LogP contribution < -0.4 is 10.6 Å². The van der Waals surface area contributed by atoms with Gasteiger partial charge in [-0.25, -0.2) is 0 Å². The lowest BCUT2D eigenvalue weighted by Gasteiger charge is -2.18. The number of rotatable bonds is 7. The van der Waals surface area contributed by atoms with Crippen molar-refractivity contribution in [3.8, 4) is 0 Å². The van der Waals surface area contributed by atoms with Crippen molar-refractivity contribution in [2.45, 2.75) is 39.2 Å². The van der Waals surface area contributed by atoms with Gasteiger partial charge in [0.2, 0.25) is 5.91 Å². The van der Waals surface area contributed by atoms with Gasteiger partial charge >= 0.3 is 0 Å². The van der Waals surface area contributed by atoms with E-state index in [0.29, 0.717) is 12.0 Å². The maximum atomic E-state index is 11.5. The highest BCUT2D eigenvalue weighted by atomic mass is 16.2. The zero-order chi connectivity index (χ0) is 11.3. The van der Waals surface area contributed by atoms with Crippen LogP contribution in [0.15, 0.2) is 12.7 Å². The molecule has 1 aliphatic carbocycles. The lowest BCUT2D eigenvalue weighted by atomic mass is 10.0. The van der Waals surface area contributed by atoms with E-state index >= 15 is 0 Å². The quantitative estimate of drug-likeness (QED) is 0.625. The molecule has 0 bridgehead atoms. The van der Waals surface area contributed by atoms with Gasteiger partial charge in [-0.2, -0.15) is 0 Å². The van der Waals surface area contributed by atoms with Gasteiger partial charge in [-0.3, -0.25) is 4.79 Å². The Morgan fingerprint density at radius 2 is 2.27 bits per heavy atom. The standard InChI is InChI=1S/C12H22N2O/c1-4-8-13-11(15)10(3)14-9-12(5-2)6-7-12/h4,10,14H,1,5-9H2,2-3H3,(H,13,15). The molecule has 1 aliphatic rings. The van der Waals surface area contributed by atoms with Crippen LogP contribution in [-0.4, -0.2) is 25.0 Å².